The second-order valence-corrected chi connectivity index (χ2v) is 6.86. The van der Waals surface area contributed by atoms with Gasteiger partial charge >= 0.3 is 0 Å². The molecule has 1 aromatic carbocycles. The number of nitrogens with one attached hydrogen (secondary N) is 1. The Hall–Kier alpha value is -2.95. The van der Waals surface area contributed by atoms with E-state index in [-0.39, 0.29) is 11.9 Å². The normalized spacial score (nSPS) is 16.2. The molecule has 0 bridgehead atoms. The zero-order chi connectivity index (χ0) is 18.1. The molecular weight excluding hydrogens is 324 g/mol. The van der Waals surface area contributed by atoms with Crippen molar-refractivity contribution in [2.75, 3.05) is 0 Å². The van der Waals surface area contributed by atoms with Gasteiger partial charge in [-0.15, -0.1) is 0 Å². The summed E-state index contributed by atoms with van der Waals surface area (Å²) in [5.41, 5.74) is 4.35. The molecule has 0 unspecified atom stereocenters. The number of amides is 1. The zero-order valence-electron chi connectivity index (χ0n) is 15.1. The monoisotopic (exact) mass is 346 g/mol. The van der Waals surface area contributed by atoms with Crippen molar-refractivity contribution in [2.45, 2.75) is 39.3 Å². The summed E-state index contributed by atoms with van der Waals surface area (Å²) in [5.74, 6) is 1.05. The van der Waals surface area contributed by atoms with E-state index in [0.717, 1.165) is 47.9 Å². The molecule has 3 aromatic rings. The van der Waals surface area contributed by atoms with Crippen LogP contribution < -0.4 is 5.32 Å². The molecule has 1 N–H and O–H groups in total. The molecule has 5 heteroatoms. The Morgan fingerprint density at radius 2 is 1.92 bits per heavy atom. The van der Waals surface area contributed by atoms with E-state index >= 15 is 0 Å². The molecule has 0 fully saturated rings. The summed E-state index contributed by atoms with van der Waals surface area (Å²) in [5, 5.41) is 3.16. The van der Waals surface area contributed by atoms with Crippen molar-refractivity contribution in [1.82, 2.24) is 19.9 Å². The summed E-state index contributed by atoms with van der Waals surface area (Å²) in [4.78, 5) is 21.9. The van der Waals surface area contributed by atoms with Gasteiger partial charge < -0.3 is 9.88 Å². The molecule has 0 saturated carbocycles. The molecule has 0 spiro atoms. The number of hydrogen-bond donors (Lipinski definition) is 1. The van der Waals surface area contributed by atoms with Crippen molar-refractivity contribution < 1.29 is 4.79 Å². The Bertz CT molecular complexity index is 946. The molecule has 1 amide bonds. The van der Waals surface area contributed by atoms with Crippen LogP contribution in [0.2, 0.25) is 0 Å². The van der Waals surface area contributed by atoms with Crippen molar-refractivity contribution in [1.29, 1.82) is 0 Å². The first-order valence-electron chi connectivity index (χ1n) is 8.97. The number of benzene rings is 1. The Morgan fingerprint density at radius 1 is 1.12 bits per heavy atom. The van der Waals surface area contributed by atoms with Gasteiger partial charge in [-0.2, -0.15) is 0 Å². The van der Waals surface area contributed by atoms with Gasteiger partial charge in [-0.1, -0.05) is 30.3 Å². The average molecular weight is 346 g/mol. The van der Waals surface area contributed by atoms with E-state index in [2.05, 4.69) is 26.0 Å². The lowest BCUT2D eigenvalue weighted by Crippen LogP contribution is -2.41. The molecule has 1 aliphatic heterocycles. The van der Waals surface area contributed by atoms with Crippen LogP contribution in [0.1, 0.15) is 34.0 Å². The summed E-state index contributed by atoms with van der Waals surface area (Å²) in [6.45, 7) is 4.66. The lowest BCUT2D eigenvalue weighted by molar-refractivity contribution is 0.0926. The number of hydrogen-bond acceptors (Lipinski definition) is 3. The van der Waals surface area contributed by atoms with E-state index < -0.39 is 0 Å². The molecule has 0 aliphatic carbocycles. The van der Waals surface area contributed by atoms with Crippen LogP contribution >= 0.6 is 0 Å². The lowest BCUT2D eigenvalue weighted by Gasteiger charge is -2.25. The van der Waals surface area contributed by atoms with Crippen LogP contribution in [-0.4, -0.2) is 26.5 Å². The molecule has 1 atom stereocenters. The summed E-state index contributed by atoms with van der Waals surface area (Å²) in [6, 6.07) is 13.9. The summed E-state index contributed by atoms with van der Waals surface area (Å²) in [7, 11) is 0. The van der Waals surface area contributed by atoms with E-state index in [4.69, 9.17) is 0 Å². The third kappa shape index (κ3) is 3.25. The van der Waals surface area contributed by atoms with E-state index in [1.54, 1.807) is 0 Å². The van der Waals surface area contributed by atoms with Crippen LogP contribution in [0.4, 0.5) is 0 Å². The minimum Gasteiger partial charge on any atom is -0.347 e. The quantitative estimate of drug-likeness (QED) is 0.791. The number of carbonyl (C=O) groups is 1. The van der Waals surface area contributed by atoms with Crippen molar-refractivity contribution in [2.24, 2.45) is 0 Å². The number of pyridine rings is 1. The third-order valence-corrected chi connectivity index (χ3v) is 4.85. The molecule has 0 saturated heterocycles. The number of rotatable bonds is 3. The Balaban J connectivity index is 1.48. The highest BCUT2D eigenvalue weighted by atomic mass is 16.1. The molecule has 26 heavy (non-hydrogen) atoms. The smallest absolute Gasteiger partial charge is 0.253 e. The van der Waals surface area contributed by atoms with E-state index in [0.29, 0.717) is 5.56 Å². The van der Waals surface area contributed by atoms with Gasteiger partial charge in [0.1, 0.15) is 5.82 Å². The van der Waals surface area contributed by atoms with Gasteiger partial charge in [-0.05, 0) is 32.4 Å². The number of carbonyl (C=O) groups excluding carboxylic acids is 1. The number of fused-ring (bicyclic) bond motifs is 1. The third-order valence-electron chi connectivity index (χ3n) is 4.85. The van der Waals surface area contributed by atoms with E-state index in [9.17, 15) is 4.79 Å². The van der Waals surface area contributed by atoms with Gasteiger partial charge in [0.2, 0.25) is 0 Å². The molecule has 5 nitrogen and oxygen atoms in total. The number of aryl methyl sites for hydroxylation is 3. The Morgan fingerprint density at radius 3 is 2.69 bits per heavy atom. The summed E-state index contributed by atoms with van der Waals surface area (Å²) >= 11 is 0. The largest absolute Gasteiger partial charge is 0.347 e. The van der Waals surface area contributed by atoms with Gasteiger partial charge in [0.05, 0.1) is 22.6 Å². The predicted octanol–water partition coefficient (Wildman–Crippen LogP) is 3.31. The first kappa shape index (κ1) is 16.5. The van der Waals surface area contributed by atoms with Crippen molar-refractivity contribution in [3.05, 3.63) is 71.4 Å². The second-order valence-electron chi connectivity index (χ2n) is 6.86. The van der Waals surface area contributed by atoms with Gasteiger partial charge in [0.25, 0.3) is 5.91 Å². The first-order chi connectivity index (χ1) is 12.6. The maximum atomic E-state index is 12.7. The van der Waals surface area contributed by atoms with Crippen LogP contribution in [-0.2, 0) is 13.0 Å². The van der Waals surface area contributed by atoms with Gasteiger partial charge in [-0.3, -0.25) is 9.78 Å². The SMILES string of the molecule is Cc1cn2c(n1)CC[C@@H](NC(=O)c1ccc(-c3ccccc3)nc1C)C2. The lowest BCUT2D eigenvalue weighted by atomic mass is 10.1. The maximum absolute atomic E-state index is 12.7. The second kappa shape index (κ2) is 6.75. The highest BCUT2D eigenvalue weighted by Crippen LogP contribution is 2.20. The molecule has 132 valence electrons. The highest BCUT2D eigenvalue weighted by Gasteiger charge is 2.22. The van der Waals surface area contributed by atoms with Gasteiger partial charge in [0, 0.05) is 30.8 Å². The van der Waals surface area contributed by atoms with Crippen molar-refractivity contribution >= 4 is 5.91 Å². The molecular formula is C21H22N4O. The predicted molar refractivity (Wildman–Crippen MR) is 101 cm³/mol. The van der Waals surface area contributed by atoms with Crippen LogP contribution in [0.3, 0.4) is 0 Å². The zero-order valence-corrected chi connectivity index (χ0v) is 15.1. The minimum absolute atomic E-state index is 0.0556. The molecule has 1 aliphatic rings. The molecule has 4 rings (SSSR count). The topological polar surface area (TPSA) is 59.8 Å². The molecule has 3 heterocycles. The fourth-order valence-electron chi connectivity index (χ4n) is 3.54. The minimum atomic E-state index is -0.0556. The maximum Gasteiger partial charge on any atom is 0.253 e. The van der Waals surface area contributed by atoms with Crippen LogP contribution in [0.5, 0.6) is 0 Å². The fourth-order valence-corrected chi connectivity index (χ4v) is 3.54. The van der Waals surface area contributed by atoms with Gasteiger partial charge in [-0.25, -0.2) is 4.98 Å². The first-order valence-corrected chi connectivity index (χ1v) is 8.97. The van der Waals surface area contributed by atoms with Crippen LogP contribution in [0, 0.1) is 13.8 Å². The Labute approximate surface area is 153 Å². The number of nitrogens with zero attached hydrogens (tertiary/aromatic N) is 3. The number of aromatic nitrogens is 3. The fraction of sp³-hybridized carbons (Fsp3) is 0.286. The number of imidazole rings is 1. The van der Waals surface area contributed by atoms with Crippen molar-refractivity contribution in [3.8, 4) is 11.3 Å². The van der Waals surface area contributed by atoms with Crippen LogP contribution in [0.15, 0.2) is 48.7 Å². The molecule has 2 aromatic heterocycles. The average Bonchev–Trinajstić information content (AvgIpc) is 3.01. The van der Waals surface area contributed by atoms with Crippen LogP contribution in [0.25, 0.3) is 11.3 Å². The van der Waals surface area contributed by atoms with E-state index in [1.807, 2.05) is 56.3 Å². The Kier molecular flexibility index (Phi) is 4.29. The van der Waals surface area contributed by atoms with Gasteiger partial charge in [0.15, 0.2) is 0 Å². The standard InChI is InChI=1S/C21H22N4O/c1-14-12-25-13-17(8-11-20(25)22-14)24-21(26)18-9-10-19(23-15(18)2)16-6-4-3-5-7-16/h3-7,9-10,12,17H,8,11,13H2,1-2H3,(H,24,26)/t17-/m1/s1. The molecule has 0 radical (unpaired) electrons. The van der Waals surface area contributed by atoms with E-state index in [1.165, 1.54) is 0 Å². The summed E-state index contributed by atoms with van der Waals surface area (Å²) < 4.78 is 2.15. The summed E-state index contributed by atoms with van der Waals surface area (Å²) in [6.07, 6.45) is 3.86. The van der Waals surface area contributed by atoms with Crippen molar-refractivity contribution in [3.63, 3.8) is 0 Å². The highest BCUT2D eigenvalue weighted by molar-refractivity contribution is 5.95.